The maximum absolute atomic E-state index is 11.3. The van der Waals surface area contributed by atoms with E-state index in [1.54, 1.807) is 0 Å². The average molecular weight is 515 g/mol. The first-order valence-corrected chi connectivity index (χ1v) is 9.41. The smallest absolute Gasteiger partial charge is 0.354 e. The highest BCUT2D eigenvalue weighted by atomic mass is 16.4. The second kappa shape index (κ2) is 10.6. The van der Waals surface area contributed by atoms with Gasteiger partial charge in [0.05, 0.1) is 27.8 Å². The molecular formula is C22H13NO14. The number of carbonyl (C=O) groups is 7. The van der Waals surface area contributed by atoms with E-state index in [2.05, 4.69) is 4.98 Å². The van der Waals surface area contributed by atoms with Crippen LogP contribution in [0.4, 0.5) is 0 Å². The largest absolute Gasteiger partial charge is 0.478 e. The highest BCUT2D eigenvalue weighted by molar-refractivity contribution is 6.14. The SMILES string of the molecule is O=C(O)c1cc(C(=O)O)c2cc(C(=O)O)cc(C(=O)O)c2c1.O=C(O)c1cc(C(=O)O)nc(C(=O)O)c1. The number of aromatic carboxylic acids is 7. The van der Waals surface area contributed by atoms with Gasteiger partial charge >= 0.3 is 41.8 Å². The van der Waals surface area contributed by atoms with Gasteiger partial charge in [-0.15, -0.1) is 0 Å². The van der Waals surface area contributed by atoms with Gasteiger partial charge in [0.15, 0.2) is 0 Å². The van der Waals surface area contributed by atoms with Crippen LogP contribution < -0.4 is 0 Å². The first-order valence-electron chi connectivity index (χ1n) is 9.41. The molecule has 1 heterocycles. The van der Waals surface area contributed by atoms with Gasteiger partial charge in [0.2, 0.25) is 0 Å². The number of hydrogen-bond acceptors (Lipinski definition) is 8. The van der Waals surface area contributed by atoms with E-state index in [1.165, 1.54) is 0 Å². The molecule has 37 heavy (non-hydrogen) atoms. The van der Waals surface area contributed by atoms with Crippen LogP contribution >= 0.6 is 0 Å². The summed E-state index contributed by atoms with van der Waals surface area (Å²) in [7, 11) is 0. The predicted octanol–water partition coefficient (Wildman–Crippen LogP) is 1.81. The van der Waals surface area contributed by atoms with Crippen molar-refractivity contribution in [2.45, 2.75) is 0 Å². The number of pyridine rings is 1. The minimum atomic E-state index is -1.49. The van der Waals surface area contributed by atoms with E-state index in [0.29, 0.717) is 0 Å². The van der Waals surface area contributed by atoms with Gasteiger partial charge in [-0.1, -0.05) is 0 Å². The van der Waals surface area contributed by atoms with E-state index >= 15 is 0 Å². The van der Waals surface area contributed by atoms with E-state index in [0.717, 1.165) is 36.4 Å². The lowest BCUT2D eigenvalue weighted by Crippen LogP contribution is -2.10. The second-order valence-corrected chi connectivity index (χ2v) is 6.91. The molecule has 0 saturated carbocycles. The monoisotopic (exact) mass is 515 g/mol. The van der Waals surface area contributed by atoms with Crippen molar-refractivity contribution in [1.29, 1.82) is 0 Å². The fourth-order valence-electron chi connectivity index (χ4n) is 2.94. The summed E-state index contributed by atoms with van der Waals surface area (Å²) in [6.07, 6.45) is 0. The molecule has 15 heteroatoms. The molecule has 3 rings (SSSR count). The molecule has 0 aliphatic carbocycles. The van der Waals surface area contributed by atoms with Gasteiger partial charge in [-0.2, -0.15) is 0 Å². The van der Waals surface area contributed by atoms with Gasteiger partial charge in [-0.25, -0.2) is 38.5 Å². The van der Waals surface area contributed by atoms with E-state index < -0.39 is 81.0 Å². The number of carboxylic acids is 7. The molecule has 3 aromatic rings. The summed E-state index contributed by atoms with van der Waals surface area (Å²) >= 11 is 0. The van der Waals surface area contributed by atoms with Crippen molar-refractivity contribution in [2.75, 3.05) is 0 Å². The van der Waals surface area contributed by atoms with Crippen molar-refractivity contribution in [2.24, 2.45) is 0 Å². The first kappa shape index (κ1) is 27.4. The van der Waals surface area contributed by atoms with Crippen LogP contribution in [0.5, 0.6) is 0 Å². The van der Waals surface area contributed by atoms with Crippen LogP contribution in [0.1, 0.15) is 72.8 Å². The maximum atomic E-state index is 11.3. The number of aromatic nitrogens is 1. The Bertz CT molecular complexity index is 1370. The van der Waals surface area contributed by atoms with Crippen LogP contribution in [-0.4, -0.2) is 82.5 Å². The minimum absolute atomic E-state index is 0.158. The zero-order valence-corrected chi connectivity index (χ0v) is 17.9. The first-order chi connectivity index (χ1) is 17.1. The van der Waals surface area contributed by atoms with Gasteiger partial charge in [-0.05, 0) is 47.2 Å². The van der Waals surface area contributed by atoms with Crippen molar-refractivity contribution in [1.82, 2.24) is 4.98 Å². The van der Waals surface area contributed by atoms with Crippen molar-refractivity contribution >= 4 is 52.6 Å². The molecule has 2 aromatic carbocycles. The van der Waals surface area contributed by atoms with Crippen molar-refractivity contribution < 1.29 is 69.3 Å². The second-order valence-electron chi connectivity index (χ2n) is 6.91. The molecule has 0 radical (unpaired) electrons. The highest BCUT2D eigenvalue weighted by Gasteiger charge is 2.21. The summed E-state index contributed by atoms with van der Waals surface area (Å²) in [5, 5.41) is 61.7. The normalized spacial score (nSPS) is 10.1. The standard InChI is InChI=1S/C14H8O8.C8H5NO6/c15-11(16)5-1-7-8(10(3-5)14(21)22)2-6(12(17)18)4-9(7)13(19)20;10-6(11)3-1-4(7(12)13)9-5(2-3)8(14)15/h1-4H,(H,15,16)(H,17,18)(H,19,20)(H,21,22);1-2H,(H,10,11)(H,12,13)(H,14,15). The summed E-state index contributed by atoms with van der Waals surface area (Å²) in [5.74, 6) is -10.2. The molecule has 15 nitrogen and oxygen atoms in total. The Balaban J connectivity index is 0.000000281. The number of fused-ring (bicyclic) bond motifs is 1. The van der Waals surface area contributed by atoms with Crippen LogP contribution in [0.3, 0.4) is 0 Å². The summed E-state index contributed by atoms with van der Waals surface area (Å²) in [6, 6.07) is 5.28. The molecule has 0 bridgehead atoms. The molecular weight excluding hydrogens is 502 g/mol. The van der Waals surface area contributed by atoms with Crippen LogP contribution in [0.2, 0.25) is 0 Å². The average Bonchev–Trinajstić information content (AvgIpc) is 2.82. The van der Waals surface area contributed by atoms with Crippen LogP contribution in [-0.2, 0) is 0 Å². The third-order valence-corrected chi connectivity index (χ3v) is 4.54. The highest BCUT2D eigenvalue weighted by Crippen LogP contribution is 2.27. The van der Waals surface area contributed by atoms with Crippen molar-refractivity contribution in [3.05, 3.63) is 75.6 Å². The third-order valence-electron chi connectivity index (χ3n) is 4.54. The number of rotatable bonds is 7. The topological polar surface area (TPSA) is 274 Å². The van der Waals surface area contributed by atoms with Crippen LogP contribution in [0.15, 0.2) is 36.4 Å². The zero-order valence-electron chi connectivity index (χ0n) is 17.9. The molecule has 190 valence electrons. The summed E-state index contributed by atoms with van der Waals surface area (Å²) in [6.45, 7) is 0. The van der Waals surface area contributed by atoms with Gasteiger partial charge in [0.25, 0.3) is 0 Å². The summed E-state index contributed by atoms with van der Waals surface area (Å²) < 4.78 is 0. The maximum Gasteiger partial charge on any atom is 0.354 e. The Kier molecular flexibility index (Phi) is 7.84. The van der Waals surface area contributed by atoms with Crippen molar-refractivity contribution in [3.63, 3.8) is 0 Å². The number of carboxylic acid groups (broad SMARTS) is 7. The fraction of sp³-hybridized carbons (Fsp3) is 0. The molecule has 7 N–H and O–H groups in total. The Morgan fingerprint density at radius 3 is 0.946 bits per heavy atom. The summed E-state index contributed by atoms with van der Waals surface area (Å²) in [5.41, 5.74) is -3.45. The van der Waals surface area contributed by atoms with E-state index in [9.17, 15) is 33.6 Å². The van der Waals surface area contributed by atoms with Gasteiger partial charge in [-0.3, -0.25) is 0 Å². The van der Waals surface area contributed by atoms with Gasteiger partial charge < -0.3 is 35.7 Å². The van der Waals surface area contributed by atoms with E-state index in [-0.39, 0.29) is 10.8 Å². The van der Waals surface area contributed by atoms with Crippen molar-refractivity contribution in [3.8, 4) is 0 Å². The Morgan fingerprint density at radius 2 is 0.703 bits per heavy atom. The molecule has 0 atom stereocenters. The molecule has 1 aromatic heterocycles. The molecule has 0 amide bonds. The summed E-state index contributed by atoms with van der Waals surface area (Å²) in [4.78, 5) is 79.4. The lowest BCUT2D eigenvalue weighted by Gasteiger charge is -2.09. The number of nitrogens with zero attached hydrogens (tertiary/aromatic N) is 1. The van der Waals surface area contributed by atoms with Gasteiger partial charge in [0.1, 0.15) is 11.4 Å². The van der Waals surface area contributed by atoms with E-state index in [1.807, 2.05) is 0 Å². The molecule has 0 fully saturated rings. The molecule has 0 unspecified atom stereocenters. The lowest BCUT2D eigenvalue weighted by atomic mass is 9.94. The number of hydrogen-bond donors (Lipinski definition) is 7. The van der Waals surface area contributed by atoms with E-state index in [4.69, 9.17) is 35.7 Å². The minimum Gasteiger partial charge on any atom is -0.478 e. The number of benzene rings is 2. The lowest BCUT2D eigenvalue weighted by molar-refractivity contribution is 0.0664. The third kappa shape index (κ3) is 6.18. The quantitative estimate of drug-likeness (QED) is 0.236. The van der Waals surface area contributed by atoms with Crippen LogP contribution in [0.25, 0.3) is 10.8 Å². The molecule has 0 spiro atoms. The van der Waals surface area contributed by atoms with Gasteiger partial charge in [0, 0.05) is 0 Å². The molecule has 0 aliphatic heterocycles. The Hall–Kier alpha value is -5.86. The fourth-order valence-corrected chi connectivity index (χ4v) is 2.94. The Morgan fingerprint density at radius 1 is 0.405 bits per heavy atom. The molecule has 0 aliphatic rings. The predicted molar refractivity (Wildman–Crippen MR) is 117 cm³/mol. The zero-order chi connectivity index (χ0) is 28.2. The Labute approximate surface area is 203 Å². The molecule has 0 saturated heterocycles. The van der Waals surface area contributed by atoms with Crippen LogP contribution in [0, 0.1) is 0 Å².